The molecule has 0 radical (unpaired) electrons. The Hall–Kier alpha value is -3.43. The van der Waals surface area contributed by atoms with Crippen LogP contribution in [0.25, 0.3) is 27.9 Å². The highest BCUT2D eigenvalue weighted by atomic mass is 32.2. The number of hydrogen-bond acceptors (Lipinski definition) is 4. The minimum atomic E-state index is -3.27. The van der Waals surface area contributed by atoms with E-state index in [1.165, 1.54) is 6.26 Å². The molecule has 2 aromatic carbocycles. The Bertz CT molecular complexity index is 1280. The van der Waals surface area contributed by atoms with Gasteiger partial charge < -0.3 is 0 Å². The van der Waals surface area contributed by atoms with Crippen molar-refractivity contribution in [1.29, 1.82) is 5.26 Å². The maximum absolute atomic E-state index is 11.8. The smallest absolute Gasteiger partial charge is 0.175 e. The largest absolute Gasteiger partial charge is 0.224 e. The molecule has 0 saturated heterocycles. The summed E-state index contributed by atoms with van der Waals surface area (Å²) in [6, 6.07) is 24.1. The number of pyridine rings is 1. The number of nitriles is 1. The first-order valence-corrected chi connectivity index (χ1v) is 10.2. The molecule has 5 nitrogen and oxygen atoms in total. The zero-order chi connectivity index (χ0) is 19.0. The molecule has 0 aliphatic heterocycles. The molecular weight excluding hydrogens is 358 g/mol. The van der Waals surface area contributed by atoms with Crippen molar-refractivity contribution in [3.63, 3.8) is 0 Å². The van der Waals surface area contributed by atoms with Gasteiger partial charge >= 0.3 is 0 Å². The molecule has 0 aliphatic carbocycles. The summed E-state index contributed by atoms with van der Waals surface area (Å²) in [6.45, 7) is 0. The van der Waals surface area contributed by atoms with E-state index in [0.29, 0.717) is 5.69 Å². The highest BCUT2D eigenvalue weighted by Gasteiger charge is 2.18. The molecule has 2 aromatic heterocycles. The molecular formula is C21H15N3O2S. The minimum Gasteiger partial charge on any atom is -0.224 e. The lowest BCUT2D eigenvalue weighted by Crippen LogP contribution is -1.96. The second-order valence-electron chi connectivity index (χ2n) is 6.21. The number of fused-ring (bicyclic) bond motifs is 1. The van der Waals surface area contributed by atoms with Crippen molar-refractivity contribution in [2.45, 2.75) is 4.90 Å². The molecule has 6 heteroatoms. The van der Waals surface area contributed by atoms with E-state index in [0.717, 1.165) is 27.9 Å². The van der Waals surface area contributed by atoms with E-state index in [4.69, 9.17) is 0 Å². The third-order valence-corrected chi connectivity index (χ3v) is 5.52. The third kappa shape index (κ3) is 2.98. The zero-order valence-electron chi connectivity index (χ0n) is 14.5. The molecule has 0 atom stereocenters. The Labute approximate surface area is 157 Å². The topological polar surface area (TPSA) is 75.2 Å². The Morgan fingerprint density at radius 3 is 2.22 bits per heavy atom. The highest BCUT2D eigenvalue weighted by Crippen LogP contribution is 2.35. The van der Waals surface area contributed by atoms with Gasteiger partial charge in [-0.05, 0) is 29.8 Å². The van der Waals surface area contributed by atoms with Crippen LogP contribution < -0.4 is 0 Å². The van der Waals surface area contributed by atoms with E-state index in [9.17, 15) is 13.7 Å². The molecule has 27 heavy (non-hydrogen) atoms. The molecule has 0 fully saturated rings. The van der Waals surface area contributed by atoms with Crippen LogP contribution in [0.15, 0.2) is 77.7 Å². The Morgan fingerprint density at radius 1 is 0.889 bits per heavy atom. The van der Waals surface area contributed by atoms with Gasteiger partial charge in [0, 0.05) is 17.4 Å². The van der Waals surface area contributed by atoms with E-state index in [2.05, 4.69) is 11.2 Å². The summed E-state index contributed by atoms with van der Waals surface area (Å²) in [6.07, 6.45) is 1.19. The van der Waals surface area contributed by atoms with Gasteiger partial charge in [0.15, 0.2) is 9.84 Å². The maximum atomic E-state index is 11.8. The molecule has 132 valence electrons. The lowest BCUT2D eigenvalue weighted by atomic mass is 10.00. The predicted octanol–water partition coefficient (Wildman–Crippen LogP) is 3.94. The fourth-order valence-corrected chi connectivity index (χ4v) is 3.74. The molecule has 0 saturated carbocycles. The van der Waals surface area contributed by atoms with Crippen molar-refractivity contribution in [3.05, 3.63) is 78.5 Å². The first-order valence-electron chi connectivity index (χ1n) is 8.27. The van der Waals surface area contributed by atoms with Crippen LogP contribution in [0.2, 0.25) is 0 Å². The second-order valence-corrected chi connectivity index (χ2v) is 8.22. The Balaban J connectivity index is 2.03. The lowest BCUT2D eigenvalue weighted by molar-refractivity contribution is 0.602. The van der Waals surface area contributed by atoms with E-state index in [1.807, 2.05) is 42.5 Å². The fourth-order valence-electron chi connectivity index (χ4n) is 3.11. The van der Waals surface area contributed by atoms with Crippen molar-refractivity contribution in [2.24, 2.45) is 0 Å². The first-order chi connectivity index (χ1) is 13.0. The van der Waals surface area contributed by atoms with Gasteiger partial charge in [-0.1, -0.05) is 48.5 Å². The fraction of sp³-hybridized carbons (Fsp3) is 0.0476. The van der Waals surface area contributed by atoms with Gasteiger partial charge in [0.25, 0.3) is 0 Å². The Morgan fingerprint density at radius 2 is 1.59 bits per heavy atom. The van der Waals surface area contributed by atoms with E-state index >= 15 is 0 Å². The summed E-state index contributed by atoms with van der Waals surface area (Å²) in [5, 5.41) is 14.1. The molecule has 2 heterocycles. The average molecular weight is 373 g/mol. The lowest BCUT2D eigenvalue weighted by Gasteiger charge is -2.05. The molecule has 4 aromatic rings. The molecule has 0 aliphatic rings. The monoisotopic (exact) mass is 373 g/mol. The van der Waals surface area contributed by atoms with Crippen LogP contribution in [0.5, 0.6) is 0 Å². The van der Waals surface area contributed by atoms with Crippen LogP contribution in [0, 0.1) is 11.3 Å². The van der Waals surface area contributed by atoms with E-state index < -0.39 is 9.84 Å². The summed E-state index contributed by atoms with van der Waals surface area (Å²) in [7, 11) is -3.27. The van der Waals surface area contributed by atoms with Crippen LogP contribution in [-0.2, 0) is 9.84 Å². The van der Waals surface area contributed by atoms with Gasteiger partial charge in [0.1, 0.15) is 17.5 Å². The molecule has 0 N–H and O–H groups in total. The van der Waals surface area contributed by atoms with E-state index in [1.54, 1.807) is 34.8 Å². The highest BCUT2D eigenvalue weighted by molar-refractivity contribution is 7.90. The SMILES string of the molecule is CS(=O)(=O)c1ccc(-c2c(-c3ccccc3)nn3c(C#N)cccc23)cc1. The van der Waals surface area contributed by atoms with Gasteiger partial charge in [-0.3, -0.25) is 0 Å². The number of sulfone groups is 1. The summed E-state index contributed by atoms with van der Waals surface area (Å²) in [5.41, 5.74) is 4.59. The van der Waals surface area contributed by atoms with Gasteiger partial charge in [-0.2, -0.15) is 10.4 Å². The zero-order valence-corrected chi connectivity index (χ0v) is 15.3. The standard InChI is InChI=1S/C21H15N3O2S/c1-27(25,26)18-12-10-15(11-13-18)20-19-9-5-8-17(14-22)24(19)23-21(20)16-6-3-2-4-7-16/h2-13H,1H3. The van der Waals surface area contributed by atoms with Gasteiger partial charge in [-0.15, -0.1) is 0 Å². The number of benzene rings is 2. The summed E-state index contributed by atoms with van der Waals surface area (Å²) < 4.78 is 25.2. The molecule has 0 bridgehead atoms. The number of aromatic nitrogens is 2. The number of nitrogens with zero attached hydrogens (tertiary/aromatic N) is 3. The van der Waals surface area contributed by atoms with Crippen LogP contribution in [0.1, 0.15) is 5.69 Å². The minimum absolute atomic E-state index is 0.265. The second kappa shape index (κ2) is 6.38. The molecule has 0 spiro atoms. The summed E-state index contributed by atoms with van der Waals surface area (Å²) in [4.78, 5) is 0.265. The predicted molar refractivity (Wildman–Crippen MR) is 104 cm³/mol. The Kier molecular flexibility index (Phi) is 4.02. The van der Waals surface area contributed by atoms with Crippen LogP contribution in [0.3, 0.4) is 0 Å². The van der Waals surface area contributed by atoms with Crippen molar-refractivity contribution < 1.29 is 8.42 Å². The van der Waals surface area contributed by atoms with Gasteiger partial charge in [0.2, 0.25) is 0 Å². The van der Waals surface area contributed by atoms with Crippen molar-refractivity contribution in [2.75, 3.05) is 6.26 Å². The maximum Gasteiger partial charge on any atom is 0.175 e. The quantitative estimate of drug-likeness (QED) is 0.545. The van der Waals surface area contributed by atoms with E-state index in [-0.39, 0.29) is 4.90 Å². The van der Waals surface area contributed by atoms with Crippen molar-refractivity contribution >= 4 is 15.4 Å². The van der Waals surface area contributed by atoms with Crippen molar-refractivity contribution in [3.8, 4) is 28.5 Å². The molecule has 4 rings (SSSR count). The van der Waals surface area contributed by atoms with Crippen molar-refractivity contribution in [1.82, 2.24) is 9.61 Å². The van der Waals surface area contributed by atoms with Crippen LogP contribution in [0.4, 0.5) is 0 Å². The molecule has 0 amide bonds. The third-order valence-electron chi connectivity index (χ3n) is 4.39. The van der Waals surface area contributed by atoms with Gasteiger partial charge in [0.05, 0.1) is 10.4 Å². The normalized spacial score (nSPS) is 11.4. The summed E-state index contributed by atoms with van der Waals surface area (Å²) in [5.74, 6) is 0. The number of rotatable bonds is 3. The van der Waals surface area contributed by atoms with Gasteiger partial charge in [-0.25, -0.2) is 12.9 Å². The summed E-state index contributed by atoms with van der Waals surface area (Å²) >= 11 is 0. The first kappa shape index (κ1) is 17.0. The number of hydrogen-bond donors (Lipinski definition) is 0. The molecule has 0 unspecified atom stereocenters. The van der Waals surface area contributed by atoms with Crippen LogP contribution >= 0.6 is 0 Å². The van der Waals surface area contributed by atoms with Crippen LogP contribution in [-0.4, -0.2) is 24.3 Å². The average Bonchev–Trinajstić information content (AvgIpc) is 3.07.